The number of halogens is 1. The Kier molecular flexibility index (Phi) is 8.30. The molecule has 0 radical (unpaired) electrons. The lowest BCUT2D eigenvalue weighted by Gasteiger charge is -2.23. The molecule has 0 spiro atoms. The van der Waals surface area contributed by atoms with Crippen molar-refractivity contribution in [3.8, 4) is 0 Å². The van der Waals surface area contributed by atoms with Gasteiger partial charge in [0.15, 0.2) is 11.8 Å². The molecule has 27 heavy (non-hydrogen) atoms. The van der Waals surface area contributed by atoms with Gasteiger partial charge in [-0.15, -0.1) is 10.2 Å². The zero-order chi connectivity index (χ0) is 19.8. The Hall–Kier alpha value is -1.87. The van der Waals surface area contributed by atoms with Crippen LogP contribution in [0.5, 0.6) is 0 Å². The molecule has 0 fully saturated rings. The molecule has 0 aliphatic carbocycles. The zero-order valence-corrected chi connectivity index (χ0v) is 18.5. The van der Waals surface area contributed by atoms with Crippen LogP contribution in [0.25, 0.3) is 0 Å². The highest BCUT2D eigenvalue weighted by Crippen LogP contribution is 2.15. The van der Waals surface area contributed by atoms with Crippen molar-refractivity contribution in [2.75, 3.05) is 26.8 Å². The first-order valence-corrected chi connectivity index (χ1v) is 9.94. The number of guanidine groups is 1. The first-order chi connectivity index (χ1) is 12.9. The predicted octanol–water partition coefficient (Wildman–Crippen LogP) is 2.23. The average molecular weight is 440 g/mol. The zero-order valence-electron chi connectivity index (χ0n) is 16.9. The lowest BCUT2D eigenvalue weighted by atomic mass is 10.4. The maximum Gasteiger partial charge on any atom is 0.194 e. The molecule has 2 aromatic rings. The number of ether oxygens (including phenoxy) is 1. The van der Waals surface area contributed by atoms with E-state index in [9.17, 15) is 0 Å². The van der Waals surface area contributed by atoms with E-state index in [1.54, 1.807) is 0 Å². The van der Waals surface area contributed by atoms with Gasteiger partial charge in [-0.25, -0.2) is 4.99 Å². The van der Waals surface area contributed by atoms with E-state index in [2.05, 4.69) is 53.2 Å². The van der Waals surface area contributed by atoms with Crippen molar-refractivity contribution in [1.82, 2.24) is 29.5 Å². The van der Waals surface area contributed by atoms with Gasteiger partial charge in [0.1, 0.15) is 12.4 Å². The summed E-state index contributed by atoms with van der Waals surface area (Å²) in [5.41, 5.74) is 1.20. The van der Waals surface area contributed by atoms with Crippen LogP contribution in [0.4, 0.5) is 0 Å². The van der Waals surface area contributed by atoms with Crippen molar-refractivity contribution in [3.05, 3.63) is 34.1 Å². The Morgan fingerprint density at radius 2 is 2.15 bits per heavy atom. The van der Waals surface area contributed by atoms with Gasteiger partial charge >= 0.3 is 0 Å². The molecule has 0 atom stereocenters. The fraction of sp³-hybridized carbons (Fsp3) is 0.611. The van der Waals surface area contributed by atoms with E-state index < -0.39 is 0 Å². The molecule has 0 saturated carbocycles. The van der Waals surface area contributed by atoms with E-state index in [0.717, 1.165) is 54.8 Å². The summed E-state index contributed by atoms with van der Waals surface area (Å²) in [6.07, 6.45) is 2.98. The molecule has 9 heteroatoms. The minimum atomic E-state index is 0.478. The second-order valence-electron chi connectivity index (χ2n) is 6.46. The van der Waals surface area contributed by atoms with Crippen LogP contribution in [0.15, 0.2) is 21.7 Å². The predicted molar refractivity (Wildman–Crippen MR) is 111 cm³/mol. The van der Waals surface area contributed by atoms with E-state index in [0.29, 0.717) is 6.54 Å². The SMILES string of the molecule is CCOCCCNC(=NCc1nnc(C)n1C)N(C)Cc1cc(Br)cn1C. The molecule has 2 aromatic heterocycles. The van der Waals surface area contributed by atoms with E-state index in [1.165, 1.54) is 5.69 Å². The van der Waals surface area contributed by atoms with Gasteiger partial charge in [-0.2, -0.15) is 0 Å². The molecule has 2 rings (SSSR count). The lowest BCUT2D eigenvalue weighted by Crippen LogP contribution is -2.39. The summed E-state index contributed by atoms with van der Waals surface area (Å²) in [5, 5.41) is 11.7. The highest BCUT2D eigenvalue weighted by atomic mass is 79.9. The number of aliphatic imine (C=N–C) groups is 1. The summed E-state index contributed by atoms with van der Waals surface area (Å²) in [7, 11) is 6.04. The summed E-state index contributed by atoms with van der Waals surface area (Å²) in [5.74, 6) is 2.56. The quantitative estimate of drug-likeness (QED) is 0.368. The van der Waals surface area contributed by atoms with Crippen molar-refractivity contribution in [2.45, 2.75) is 33.4 Å². The number of hydrogen-bond acceptors (Lipinski definition) is 4. The topological polar surface area (TPSA) is 72.5 Å². The second-order valence-corrected chi connectivity index (χ2v) is 7.37. The third kappa shape index (κ3) is 6.35. The van der Waals surface area contributed by atoms with E-state index >= 15 is 0 Å². The average Bonchev–Trinajstić information content (AvgIpc) is 3.11. The fourth-order valence-corrected chi connectivity index (χ4v) is 3.18. The minimum absolute atomic E-state index is 0.478. The van der Waals surface area contributed by atoms with E-state index in [-0.39, 0.29) is 0 Å². The maximum atomic E-state index is 5.41. The smallest absolute Gasteiger partial charge is 0.194 e. The van der Waals surface area contributed by atoms with Crippen LogP contribution < -0.4 is 5.32 Å². The number of hydrogen-bond donors (Lipinski definition) is 1. The van der Waals surface area contributed by atoms with Gasteiger partial charge in [0, 0.05) is 57.3 Å². The summed E-state index contributed by atoms with van der Waals surface area (Å²) in [6.45, 7) is 7.46. The molecule has 1 N–H and O–H groups in total. The molecule has 8 nitrogen and oxygen atoms in total. The van der Waals surface area contributed by atoms with Crippen LogP contribution in [-0.2, 0) is 31.9 Å². The number of rotatable bonds is 9. The van der Waals surface area contributed by atoms with Gasteiger partial charge in [0.05, 0.1) is 6.54 Å². The van der Waals surface area contributed by atoms with Gasteiger partial charge in [-0.3, -0.25) is 0 Å². The Labute approximate surface area is 169 Å². The summed E-state index contributed by atoms with van der Waals surface area (Å²) in [6, 6.07) is 2.12. The Balaban J connectivity index is 2.06. The molecular formula is C18H30BrN7O. The molecule has 0 amide bonds. The molecular weight excluding hydrogens is 410 g/mol. The van der Waals surface area contributed by atoms with Crippen LogP contribution in [-0.4, -0.2) is 57.0 Å². The van der Waals surface area contributed by atoms with Gasteiger partial charge < -0.3 is 24.1 Å². The van der Waals surface area contributed by atoms with Gasteiger partial charge in [0.25, 0.3) is 0 Å². The van der Waals surface area contributed by atoms with Crippen LogP contribution in [0.3, 0.4) is 0 Å². The molecule has 0 saturated heterocycles. The first-order valence-electron chi connectivity index (χ1n) is 9.15. The van der Waals surface area contributed by atoms with Crippen molar-refractivity contribution in [3.63, 3.8) is 0 Å². The lowest BCUT2D eigenvalue weighted by molar-refractivity contribution is 0.145. The van der Waals surface area contributed by atoms with Crippen molar-refractivity contribution < 1.29 is 4.74 Å². The molecule has 2 heterocycles. The summed E-state index contributed by atoms with van der Waals surface area (Å²) < 4.78 is 10.6. The summed E-state index contributed by atoms with van der Waals surface area (Å²) >= 11 is 3.53. The number of nitrogens with one attached hydrogen (secondary N) is 1. The fourth-order valence-electron chi connectivity index (χ4n) is 2.61. The summed E-state index contributed by atoms with van der Waals surface area (Å²) in [4.78, 5) is 6.88. The Morgan fingerprint density at radius 1 is 1.37 bits per heavy atom. The van der Waals surface area contributed by atoms with Crippen molar-refractivity contribution in [2.24, 2.45) is 19.1 Å². The molecule has 0 aromatic carbocycles. The molecule has 150 valence electrons. The molecule has 0 aliphatic heterocycles. The number of nitrogens with zero attached hydrogens (tertiary/aromatic N) is 6. The van der Waals surface area contributed by atoms with Gasteiger partial charge in [-0.05, 0) is 42.3 Å². The van der Waals surface area contributed by atoms with Crippen molar-refractivity contribution >= 4 is 21.9 Å². The largest absolute Gasteiger partial charge is 0.382 e. The van der Waals surface area contributed by atoms with Crippen LogP contribution in [0.1, 0.15) is 30.7 Å². The van der Waals surface area contributed by atoms with Crippen LogP contribution >= 0.6 is 15.9 Å². The third-order valence-corrected chi connectivity index (χ3v) is 4.77. The molecule has 0 bridgehead atoms. The standard InChI is InChI=1S/C18H30BrN7O/c1-6-27-9-7-8-20-18(21-11-17-23-22-14(2)26(17)5)25(4)13-16-10-15(19)12-24(16)3/h10,12H,6-9,11,13H2,1-5H3,(H,20,21). The number of aryl methyl sites for hydroxylation is 2. The van der Waals surface area contributed by atoms with E-state index in [1.807, 2.05) is 39.6 Å². The van der Waals surface area contributed by atoms with Crippen molar-refractivity contribution in [1.29, 1.82) is 0 Å². The number of aromatic nitrogens is 4. The van der Waals surface area contributed by atoms with Gasteiger partial charge in [-0.1, -0.05) is 0 Å². The van der Waals surface area contributed by atoms with Crippen LogP contribution in [0.2, 0.25) is 0 Å². The maximum absolute atomic E-state index is 5.41. The highest BCUT2D eigenvalue weighted by molar-refractivity contribution is 9.10. The third-order valence-electron chi connectivity index (χ3n) is 4.34. The van der Waals surface area contributed by atoms with E-state index in [4.69, 9.17) is 9.73 Å². The highest BCUT2D eigenvalue weighted by Gasteiger charge is 2.11. The minimum Gasteiger partial charge on any atom is -0.382 e. The molecule has 0 unspecified atom stereocenters. The molecule has 0 aliphatic rings. The second kappa shape index (κ2) is 10.5. The normalized spacial score (nSPS) is 11.9. The first kappa shape index (κ1) is 21.4. The Morgan fingerprint density at radius 3 is 2.74 bits per heavy atom. The monoisotopic (exact) mass is 439 g/mol. The van der Waals surface area contributed by atoms with Gasteiger partial charge in [0.2, 0.25) is 0 Å². The Bertz CT molecular complexity index is 753. The van der Waals surface area contributed by atoms with Crippen LogP contribution in [0, 0.1) is 6.92 Å².